The monoisotopic (exact) mass is 475 g/mol. The molecule has 1 heterocycles. The van der Waals surface area contributed by atoms with Gasteiger partial charge in [0, 0.05) is 19.8 Å². The third kappa shape index (κ3) is 5.47. The lowest BCUT2D eigenvalue weighted by Gasteiger charge is -2.16. The van der Waals surface area contributed by atoms with Gasteiger partial charge < -0.3 is 10.1 Å². The highest BCUT2D eigenvalue weighted by Gasteiger charge is 2.18. The minimum absolute atomic E-state index is 0.159. The maximum atomic E-state index is 12.5. The fourth-order valence-electron chi connectivity index (χ4n) is 2.88. The first kappa shape index (κ1) is 23.8. The minimum Gasteiger partial charge on any atom is -0.497 e. The molecule has 0 aliphatic heterocycles. The molecule has 0 bridgehead atoms. The van der Waals surface area contributed by atoms with E-state index in [1.165, 1.54) is 25.9 Å². The third-order valence-electron chi connectivity index (χ3n) is 4.74. The molecule has 0 spiro atoms. The molecule has 0 aliphatic rings. The fraction of sp³-hybridized carbons (Fsp3) is 0.286. The van der Waals surface area contributed by atoms with Gasteiger partial charge in [0.15, 0.2) is 5.16 Å². The molecule has 11 heteroatoms. The predicted molar refractivity (Wildman–Crippen MR) is 123 cm³/mol. The number of benzene rings is 2. The average molecular weight is 476 g/mol. The van der Waals surface area contributed by atoms with Crippen LogP contribution in [0.3, 0.4) is 0 Å². The predicted octanol–water partition coefficient (Wildman–Crippen LogP) is 2.50. The summed E-state index contributed by atoms with van der Waals surface area (Å²) >= 11 is 1.27. The first-order valence-corrected chi connectivity index (χ1v) is 12.1. The molecule has 2 aromatic carbocycles. The normalized spacial score (nSPS) is 12.5. The van der Waals surface area contributed by atoms with Crippen molar-refractivity contribution in [3.63, 3.8) is 0 Å². The Labute approximate surface area is 191 Å². The molecule has 0 saturated carbocycles. The minimum atomic E-state index is -3.49. The van der Waals surface area contributed by atoms with Crippen molar-refractivity contribution in [1.29, 1.82) is 0 Å². The van der Waals surface area contributed by atoms with Crippen molar-refractivity contribution in [3.05, 3.63) is 60.4 Å². The number of aromatic nitrogens is 3. The Morgan fingerprint density at radius 1 is 1.16 bits per heavy atom. The molecule has 32 heavy (non-hydrogen) atoms. The standard InChI is InChI=1S/C21H25N5O4S2/c1-15(16-5-11-19(12-6-16)32(28,29)25(2)3)23-20(27)13-31-21-24-22-14-26(21)17-7-9-18(30-4)10-8-17/h5-12,14-15H,13H2,1-4H3,(H,23,27). The Bertz CT molecular complexity index is 1160. The largest absolute Gasteiger partial charge is 0.497 e. The zero-order chi connectivity index (χ0) is 23.3. The van der Waals surface area contributed by atoms with E-state index in [0.717, 1.165) is 21.3 Å². The van der Waals surface area contributed by atoms with Crippen LogP contribution in [-0.2, 0) is 14.8 Å². The lowest BCUT2D eigenvalue weighted by molar-refractivity contribution is -0.119. The summed E-state index contributed by atoms with van der Waals surface area (Å²) in [6.07, 6.45) is 1.59. The van der Waals surface area contributed by atoms with Crippen LogP contribution < -0.4 is 10.1 Å². The lowest BCUT2D eigenvalue weighted by atomic mass is 10.1. The third-order valence-corrected chi connectivity index (χ3v) is 7.51. The Kier molecular flexibility index (Phi) is 7.54. The van der Waals surface area contributed by atoms with Gasteiger partial charge in [-0.15, -0.1) is 10.2 Å². The highest BCUT2D eigenvalue weighted by Crippen LogP contribution is 2.22. The van der Waals surface area contributed by atoms with Gasteiger partial charge in [-0.1, -0.05) is 23.9 Å². The highest BCUT2D eigenvalue weighted by atomic mass is 32.2. The van der Waals surface area contributed by atoms with Crippen LogP contribution in [0.4, 0.5) is 0 Å². The van der Waals surface area contributed by atoms with E-state index in [-0.39, 0.29) is 22.6 Å². The molecular weight excluding hydrogens is 450 g/mol. The maximum absolute atomic E-state index is 12.5. The van der Waals surface area contributed by atoms with Gasteiger partial charge in [0.1, 0.15) is 12.1 Å². The number of carbonyl (C=O) groups excluding carboxylic acids is 1. The molecule has 0 aliphatic carbocycles. The molecule has 1 amide bonds. The van der Waals surface area contributed by atoms with Crippen LogP contribution >= 0.6 is 11.8 Å². The molecule has 0 saturated heterocycles. The van der Waals surface area contributed by atoms with Gasteiger partial charge in [-0.3, -0.25) is 9.36 Å². The number of carbonyl (C=O) groups is 1. The van der Waals surface area contributed by atoms with E-state index >= 15 is 0 Å². The van der Waals surface area contributed by atoms with E-state index in [0.29, 0.717) is 5.16 Å². The summed E-state index contributed by atoms with van der Waals surface area (Å²) in [7, 11) is 1.09. The van der Waals surface area contributed by atoms with Crippen molar-refractivity contribution in [2.24, 2.45) is 0 Å². The molecule has 1 atom stereocenters. The second-order valence-electron chi connectivity index (χ2n) is 7.12. The summed E-state index contributed by atoms with van der Waals surface area (Å²) in [5.74, 6) is 0.736. The van der Waals surface area contributed by atoms with Gasteiger partial charge in [0.25, 0.3) is 0 Å². The number of nitrogens with one attached hydrogen (secondary N) is 1. The summed E-state index contributed by atoms with van der Waals surface area (Å²) in [5.41, 5.74) is 1.67. The van der Waals surface area contributed by atoms with Crippen LogP contribution in [0.1, 0.15) is 18.5 Å². The Hall–Kier alpha value is -2.89. The molecule has 0 fully saturated rings. The molecule has 1 N–H and O–H groups in total. The van der Waals surface area contributed by atoms with Crippen molar-refractivity contribution in [2.45, 2.75) is 23.0 Å². The fourth-order valence-corrected chi connectivity index (χ4v) is 4.52. The molecule has 3 rings (SSSR count). The van der Waals surface area contributed by atoms with Gasteiger partial charge in [-0.05, 0) is 48.9 Å². The Morgan fingerprint density at radius 2 is 1.81 bits per heavy atom. The van der Waals surface area contributed by atoms with Gasteiger partial charge >= 0.3 is 0 Å². The molecule has 9 nitrogen and oxygen atoms in total. The number of ether oxygens (including phenoxy) is 1. The number of amides is 1. The van der Waals surface area contributed by atoms with Crippen LogP contribution in [0.2, 0.25) is 0 Å². The first-order valence-electron chi connectivity index (χ1n) is 9.71. The number of hydrogen-bond acceptors (Lipinski definition) is 7. The number of methoxy groups -OCH3 is 1. The summed E-state index contributed by atoms with van der Waals surface area (Å²) in [6, 6.07) is 13.7. The summed E-state index contributed by atoms with van der Waals surface area (Å²) in [6.45, 7) is 1.85. The molecule has 1 aromatic heterocycles. The van der Waals surface area contributed by atoms with Gasteiger partial charge in [-0.2, -0.15) is 0 Å². The molecule has 3 aromatic rings. The van der Waals surface area contributed by atoms with E-state index in [9.17, 15) is 13.2 Å². The van der Waals surface area contributed by atoms with E-state index in [1.54, 1.807) is 42.3 Å². The Morgan fingerprint density at radius 3 is 2.41 bits per heavy atom. The molecule has 1 unspecified atom stereocenters. The van der Waals surface area contributed by atoms with Crippen LogP contribution in [0.5, 0.6) is 5.75 Å². The summed E-state index contributed by atoms with van der Waals surface area (Å²) < 4.78 is 32.5. The number of hydrogen-bond donors (Lipinski definition) is 1. The van der Waals surface area contributed by atoms with Gasteiger partial charge in [0.05, 0.1) is 23.8 Å². The van der Waals surface area contributed by atoms with Crippen LogP contribution in [0, 0.1) is 0 Å². The van der Waals surface area contributed by atoms with Gasteiger partial charge in [0.2, 0.25) is 15.9 Å². The second kappa shape index (κ2) is 10.2. The smallest absolute Gasteiger partial charge is 0.242 e. The van der Waals surface area contributed by atoms with E-state index in [1.807, 2.05) is 31.2 Å². The molecule has 170 valence electrons. The van der Waals surface area contributed by atoms with E-state index < -0.39 is 10.0 Å². The zero-order valence-electron chi connectivity index (χ0n) is 18.2. The number of sulfonamides is 1. The van der Waals surface area contributed by atoms with E-state index in [2.05, 4.69) is 15.5 Å². The molecular formula is C21H25N5O4S2. The molecule has 0 radical (unpaired) electrons. The van der Waals surface area contributed by atoms with Crippen LogP contribution in [-0.4, -0.2) is 60.4 Å². The van der Waals surface area contributed by atoms with Crippen molar-refractivity contribution in [1.82, 2.24) is 24.4 Å². The van der Waals surface area contributed by atoms with Crippen molar-refractivity contribution in [2.75, 3.05) is 27.0 Å². The van der Waals surface area contributed by atoms with Crippen molar-refractivity contribution in [3.8, 4) is 11.4 Å². The zero-order valence-corrected chi connectivity index (χ0v) is 19.9. The summed E-state index contributed by atoms with van der Waals surface area (Å²) in [5, 5.41) is 11.6. The number of rotatable bonds is 9. The van der Waals surface area contributed by atoms with Crippen molar-refractivity contribution >= 4 is 27.7 Å². The van der Waals surface area contributed by atoms with Crippen LogP contribution in [0.15, 0.2) is 64.9 Å². The highest BCUT2D eigenvalue weighted by molar-refractivity contribution is 7.99. The number of thioether (sulfide) groups is 1. The second-order valence-corrected chi connectivity index (χ2v) is 10.2. The van der Waals surface area contributed by atoms with Crippen molar-refractivity contribution < 1.29 is 17.9 Å². The van der Waals surface area contributed by atoms with Gasteiger partial charge in [-0.25, -0.2) is 12.7 Å². The Balaban J connectivity index is 1.59. The van der Waals surface area contributed by atoms with Crippen LogP contribution in [0.25, 0.3) is 5.69 Å². The number of nitrogens with zero attached hydrogens (tertiary/aromatic N) is 4. The lowest BCUT2D eigenvalue weighted by Crippen LogP contribution is -2.28. The first-order chi connectivity index (χ1) is 15.2. The van der Waals surface area contributed by atoms with E-state index in [4.69, 9.17) is 4.74 Å². The topological polar surface area (TPSA) is 106 Å². The maximum Gasteiger partial charge on any atom is 0.242 e. The SMILES string of the molecule is COc1ccc(-n2cnnc2SCC(=O)NC(C)c2ccc(S(=O)(=O)N(C)C)cc2)cc1. The average Bonchev–Trinajstić information content (AvgIpc) is 3.26. The quantitative estimate of drug-likeness (QED) is 0.474. The summed E-state index contributed by atoms with van der Waals surface area (Å²) in [4.78, 5) is 12.7.